The van der Waals surface area contributed by atoms with Gasteiger partial charge in [-0.2, -0.15) is 0 Å². The van der Waals surface area contributed by atoms with E-state index in [1.54, 1.807) is 0 Å². The Morgan fingerprint density at radius 3 is 2.50 bits per heavy atom. The molecule has 1 unspecified atom stereocenters. The van der Waals surface area contributed by atoms with Crippen molar-refractivity contribution < 1.29 is 4.74 Å². The second kappa shape index (κ2) is 7.32. The van der Waals surface area contributed by atoms with Crippen molar-refractivity contribution in [3.05, 3.63) is 53.6 Å². The first-order valence-corrected chi connectivity index (χ1v) is 7.21. The summed E-state index contributed by atoms with van der Waals surface area (Å²) in [6.45, 7) is 3.73. The first-order valence-electron chi connectivity index (χ1n) is 6.83. The quantitative estimate of drug-likeness (QED) is 0.859. The van der Waals surface area contributed by atoms with Gasteiger partial charge in [-0.15, -0.1) is 0 Å². The Bertz CT molecular complexity index is 542. The first-order chi connectivity index (χ1) is 9.70. The van der Waals surface area contributed by atoms with E-state index in [9.17, 15) is 0 Å². The zero-order chi connectivity index (χ0) is 14.4. The highest BCUT2D eigenvalue weighted by molar-refractivity contribution is 6.32. The molecule has 0 aromatic heterocycles. The van der Waals surface area contributed by atoms with Crippen LogP contribution in [0.15, 0.2) is 48.5 Å². The van der Waals surface area contributed by atoms with Gasteiger partial charge < -0.3 is 10.1 Å². The molecule has 2 aromatic carbocycles. The molecule has 1 atom stereocenters. The molecule has 3 heteroatoms. The van der Waals surface area contributed by atoms with Crippen molar-refractivity contribution in [3.63, 3.8) is 0 Å². The van der Waals surface area contributed by atoms with Crippen molar-refractivity contribution in [1.82, 2.24) is 5.32 Å². The maximum atomic E-state index is 6.30. The summed E-state index contributed by atoms with van der Waals surface area (Å²) in [5.74, 6) is 1.19. The fraction of sp³-hybridized carbons (Fsp3) is 0.294. The van der Waals surface area contributed by atoms with Gasteiger partial charge in [-0.3, -0.25) is 0 Å². The average Bonchev–Trinajstić information content (AvgIpc) is 2.47. The van der Waals surface area contributed by atoms with Gasteiger partial charge >= 0.3 is 0 Å². The van der Waals surface area contributed by atoms with E-state index in [4.69, 9.17) is 16.3 Å². The maximum absolute atomic E-state index is 6.30. The molecule has 0 aliphatic rings. The fourth-order valence-corrected chi connectivity index (χ4v) is 2.30. The minimum atomic E-state index is 0.449. The molecule has 0 spiro atoms. The number of halogens is 1. The third-order valence-corrected chi connectivity index (χ3v) is 3.41. The molecule has 106 valence electrons. The molecule has 0 aliphatic heterocycles. The molecule has 0 bridgehead atoms. The van der Waals surface area contributed by atoms with Crippen LogP contribution in [0.1, 0.15) is 6.92 Å². The van der Waals surface area contributed by atoms with E-state index >= 15 is 0 Å². The smallest absolute Gasteiger partial charge is 0.137 e. The third kappa shape index (κ3) is 3.99. The molecule has 0 radical (unpaired) electrons. The third-order valence-electron chi connectivity index (χ3n) is 3.11. The molecule has 2 nitrogen and oxygen atoms in total. The highest BCUT2D eigenvalue weighted by Gasteiger charge is 2.07. The molecule has 20 heavy (non-hydrogen) atoms. The molecule has 2 aromatic rings. The normalized spacial score (nSPS) is 12.2. The summed E-state index contributed by atoms with van der Waals surface area (Å²) < 4.78 is 5.77. The number of benzene rings is 2. The minimum absolute atomic E-state index is 0.449. The molecule has 0 aliphatic carbocycles. The van der Waals surface area contributed by atoms with Crippen molar-refractivity contribution in [2.45, 2.75) is 6.92 Å². The molecular formula is C17H20ClNO. The zero-order valence-electron chi connectivity index (χ0n) is 11.9. The van der Waals surface area contributed by atoms with Crippen LogP contribution in [0.25, 0.3) is 11.1 Å². The Morgan fingerprint density at radius 1 is 1.10 bits per heavy atom. The van der Waals surface area contributed by atoms with Gasteiger partial charge in [0.2, 0.25) is 0 Å². The highest BCUT2D eigenvalue weighted by atomic mass is 35.5. The van der Waals surface area contributed by atoms with Gasteiger partial charge in [0.15, 0.2) is 0 Å². The SMILES string of the molecule is CNCC(C)COc1ccc(-c2ccccc2)cc1Cl. The topological polar surface area (TPSA) is 21.3 Å². The Labute approximate surface area is 125 Å². The van der Waals surface area contributed by atoms with Crippen LogP contribution in [-0.4, -0.2) is 20.2 Å². The Balaban J connectivity index is 2.07. The monoisotopic (exact) mass is 289 g/mol. The van der Waals surface area contributed by atoms with Crippen LogP contribution < -0.4 is 10.1 Å². The van der Waals surface area contributed by atoms with E-state index in [1.165, 1.54) is 0 Å². The van der Waals surface area contributed by atoms with Crippen molar-refractivity contribution in [1.29, 1.82) is 0 Å². The summed E-state index contributed by atoms with van der Waals surface area (Å²) in [5, 5.41) is 3.79. The lowest BCUT2D eigenvalue weighted by Gasteiger charge is -2.14. The van der Waals surface area contributed by atoms with E-state index in [-0.39, 0.29) is 0 Å². The van der Waals surface area contributed by atoms with Gasteiger partial charge in [-0.05, 0) is 30.3 Å². The molecule has 0 saturated carbocycles. The highest BCUT2D eigenvalue weighted by Crippen LogP contribution is 2.30. The summed E-state index contributed by atoms with van der Waals surface area (Å²) in [6, 6.07) is 16.1. The van der Waals surface area contributed by atoms with Gasteiger partial charge in [0, 0.05) is 12.5 Å². The Hall–Kier alpha value is -1.51. The fourth-order valence-electron chi connectivity index (χ4n) is 2.07. The second-order valence-corrected chi connectivity index (χ2v) is 5.39. The number of ether oxygens (including phenoxy) is 1. The minimum Gasteiger partial charge on any atom is -0.492 e. The Kier molecular flexibility index (Phi) is 5.45. The summed E-state index contributed by atoms with van der Waals surface area (Å²) in [4.78, 5) is 0. The van der Waals surface area contributed by atoms with Gasteiger partial charge in [0.05, 0.1) is 11.6 Å². The first kappa shape index (κ1) is 14.9. The van der Waals surface area contributed by atoms with Gasteiger partial charge in [-0.25, -0.2) is 0 Å². The summed E-state index contributed by atoms with van der Waals surface area (Å²) in [7, 11) is 1.94. The molecule has 0 fully saturated rings. The predicted molar refractivity (Wildman–Crippen MR) is 85.5 cm³/mol. The molecule has 0 heterocycles. The van der Waals surface area contributed by atoms with Crippen LogP contribution >= 0.6 is 11.6 Å². The van der Waals surface area contributed by atoms with Crippen LogP contribution in [-0.2, 0) is 0 Å². The maximum Gasteiger partial charge on any atom is 0.137 e. The van der Waals surface area contributed by atoms with Crippen molar-refractivity contribution in [3.8, 4) is 16.9 Å². The van der Waals surface area contributed by atoms with Crippen molar-refractivity contribution in [2.24, 2.45) is 5.92 Å². The van der Waals surface area contributed by atoms with E-state index < -0.39 is 0 Å². The molecule has 0 amide bonds. The van der Waals surface area contributed by atoms with Crippen LogP contribution in [0.2, 0.25) is 5.02 Å². The number of rotatable bonds is 6. The lowest BCUT2D eigenvalue weighted by Crippen LogP contribution is -2.21. The average molecular weight is 290 g/mol. The van der Waals surface area contributed by atoms with Crippen LogP contribution in [0.3, 0.4) is 0 Å². The second-order valence-electron chi connectivity index (χ2n) is 4.99. The number of hydrogen-bond donors (Lipinski definition) is 1. The lowest BCUT2D eigenvalue weighted by molar-refractivity contribution is 0.258. The van der Waals surface area contributed by atoms with Crippen LogP contribution in [0, 0.1) is 5.92 Å². The van der Waals surface area contributed by atoms with E-state index in [2.05, 4.69) is 24.4 Å². The summed E-state index contributed by atoms with van der Waals surface area (Å²) in [6.07, 6.45) is 0. The van der Waals surface area contributed by atoms with Gasteiger partial charge in [0.1, 0.15) is 5.75 Å². The van der Waals surface area contributed by atoms with E-state index in [1.807, 2.05) is 43.4 Å². The van der Waals surface area contributed by atoms with Crippen molar-refractivity contribution >= 4 is 11.6 Å². The van der Waals surface area contributed by atoms with Crippen molar-refractivity contribution in [2.75, 3.05) is 20.2 Å². The van der Waals surface area contributed by atoms with Gasteiger partial charge in [0.25, 0.3) is 0 Å². The molecule has 1 N–H and O–H groups in total. The number of hydrogen-bond acceptors (Lipinski definition) is 2. The molecule has 2 rings (SSSR count). The van der Waals surface area contributed by atoms with Crippen LogP contribution in [0.4, 0.5) is 0 Å². The summed E-state index contributed by atoms with van der Waals surface area (Å²) in [5.41, 5.74) is 2.26. The van der Waals surface area contributed by atoms with Gasteiger partial charge in [-0.1, -0.05) is 54.9 Å². The molecular weight excluding hydrogens is 270 g/mol. The number of nitrogens with one attached hydrogen (secondary N) is 1. The largest absolute Gasteiger partial charge is 0.492 e. The van der Waals surface area contributed by atoms with E-state index in [0.29, 0.717) is 17.5 Å². The lowest BCUT2D eigenvalue weighted by atomic mass is 10.1. The standard InChI is InChI=1S/C17H20ClNO/c1-13(11-19-2)12-20-17-9-8-15(10-16(17)18)14-6-4-3-5-7-14/h3-10,13,19H,11-12H2,1-2H3. The van der Waals surface area contributed by atoms with Crippen LogP contribution in [0.5, 0.6) is 5.75 Å². The predicted octanol–water partition coefficient (Wildman–Crippen LogP) is 4.24. The Morgan fingerprint density at radius 2 is 1.85 bits per heavy atom. The zero-order valence-corrected chi connectivity index (χ0v) is 12.7. The van der Waals surface area contributed by atoms with E-state index in [0.717, 1.165) is 23.4 Å². The molecule has 0 saturated heterocycles. The summed E-state index contributed by atoms with van der Waals surface area (Å²) >= 11 is 6.30.